The van der Waals surface area contributed by atoms with Gasteiger partial charge in [-0.25, -0.2) is 0 Å². The van der Waals surface area contributed by atoms with E-state index in [0.717, 1.165) is 48.4 Å². The number of aromatic nitrogens is 4. The van der Waals surface area contributed by atoms with Crippen molar-refractivity contribution in [2.75, 3.05) is 7.11 Å². The number of ether oxygens (including phenoxy) is 1. The number of carbonyl (C=O) groups is 1. The van der Waals surface area contributed by atoms with Crippen molar-refractivity contribution in [2.45, 2.75) is 38.5 Å². The topological polar surface area (TPSA) is 84.8 Å². The van der Waals surface area contributed by atoms with Gasteiger partial charge >= 0.3 is 0 Å². The Balaban J connectivity index is 1.44. The third-order valence-electron chi connectivity index (χ3n) is 4.75. The maximum absolute atomic E-state index is 12.6. The Morgan fingerprint density at radius 1 is 1.36 bits per heavy atom. The van der Waals surface area contributed by atoms with E-state index in [0.29, 0.717) is 12.2 Å². The molecule has 0 saturated heterocycles. The molecule has 4 rings (SSSR count). The van der Waals surface area contributed by atoms with Crippen molar-refractivity contribution in [3.8, 4) is 0 Å². The summed E-state index contributed by atoms with van der Waals surface area (Å²) in [5.74, 6) is 1.79. The zero-order valence-electron chi connectivity index (χ0n) is 14.2. The normalized spacial score (nSPS) is 17.2. The molecule has 0 saturated carbocycles. The minimum Gasteiger partial charge on any atom is -0.377 e. The zero-order chi connectivity index (χ0) is 17.2. The number of H-pyrrole nitrogens is 1. The fourth-order valence-corrected chi connectivity index (χ4v) is 3.39. The number of nitrogens with one attached hydrogen (secondary N) is 2. The molecule has 0 spiro atoms. The van der Waals surface area contributed by atoms with Gasteiger partial charge in [0.05, 0.1) is 0 Å². The molecule has 7 nitrogen and oxygen atoms in total. The van der Waals surface area contributed by atoms with Crippen LogP contribution in [0.4, 0.5) is 0 Å². The number of carbonyl (C=O) groups excluding carboxylic acids is 1. The van der Waals surface area contributed by atoms with E-state index in [1.807, 2.05) is 30.5 Å². The Morgan fingerprint density at radius 3 is 3.16 bits per heavy atom. The first-order chi connectivity index (χ1) is 12.2. The van der Waals surface area contributed by atoms with Crippen LogP contribution in [0.25, 0.3) is 10.9 Å². The molecule has 130 valence electrons. The third kappa shape index (κ3) is 3.15. The van der Waals surface area contributed by atoms with Crippen LogP contribution in [-0.2, 0) is 24.3 Å². The molecule has 2 aromatic heterocycles. The summed E-state index contributed by atoms with van der Waals surface area (Å²) in [6.45, 7) is 1.25. The maximum atomic E-state index is 12.6. The summed E-state index contributed by atoms with van der Waals surface area (Å²) in [6, 6.07) is 7.82. The average Bonchev–Trinajstić information content (AvgIpc) is 3.18. The maximum Gasteiger partial charge on any atom is 0.251 e. The van der Waals surface area contributed by atoms with E-state index in [4.69, 9.17) is 4.74 Å². The average molecular weight is 339 g/mol. The summed E-state index contributed by atoms with van der Waals surface area (Å²) in [4.78, 5) is 15.7. The van der Waals surface area contributed by atoms with Crippen molar-refractivity contribution in [1.29, 1.82) is 0 Å². The predicted molar refractivity (Wildman–Crippen MR) is 93.2 cm³/mol. The van der Waals surface area contributed by atoms with E-state index in [9.17, 15) is 4.79 Å². The van der Waals surface area contributed by atoms with Gasteiger partial charge in [0.15, 0.2) is 5.82 Å². The van der Waals surface area contributed by atoms with E-state index in [-0.39, 0.29) is 11.9 Å². The number of hydrogen-bond donors (Lipinski definition) is 2. The Labute approximate surface area is 145 Å². The number of amides is 1. The van der Waals surface area contributed by atoms with E-state index >= 15 is 0 Å². The van der Waals surface area contributed by atoms with E-state index in [2.05, 4.69) is 25.1 Å². The minimum atomic E-state index is -0.0251. The van der Waals surface area contributed by atoms with Crippen molar-refractivity contribution in [2.24, 2.45) is 0 Å². The highest BCUT2D eigenvalue weighted by Crippen LogP contribution is 2.18. The van der Waals surface area contributed by atoms with Crippen LogP contribution in [0.5, 0.6) is 0 Å². The minimum absolute atomic E-state index is 0.0251. The fourth-order valence-electron chi connectivity index (χ4n) is 3.39. The van der Waals surface area contributed by atoms with Crippen LogP contribution in [-0.4, -0.2) is 38.8 Å². The number of nitrogens with zero attached hydrogens (tertiary/aromatic N) is 3. The van der Waals surface area contributed by atoms with Crippen LogP contribution < -0.4 is 5.32 Å². The summed E-state index contributed by atoms with van der Waals surface area (Å²) in [5, 5.41) is 12.6. The van der Waals surface area contributed by atoms with E-state index in [1.165, 1.54) is 0 Å². The third-order valence-corrected chi connectivity index (χ3v) is 4.75. The number of aryl methyl sites for hydroxylation is 1. The lowest BCUT2D eigenvalue weighted by Gasteiger charge is -2.16. The van der Waals surface area contributed by atoms with Gasteiger partial charge in [0.2, 0.25) is 0 Å². The molecule has 1 aliphatic rings. The van der Waals surface area contributed by atoms with Crippen molar-refractivity contribution < 1.29 is 9.53 Å². The number of methoxy groups -OCH3 is 1. The number of hydrogen-bond acceptors (Lipinski definition) is 4. The largest absolute Gasteiger partial charge is 0.377 e. The highest BCUT2D eigenvalue weighted by atomic mass is 16.5. The summed E-state index contributed by atoms with van der Waals surface area (Å²) < 4.78 is 7.29. The summed E-state index contributed by atoms with van der Waals surface area (Å²) >= 11 is 0. The Hall–Kier alpha value is -2.67. The van der Waals surface area contributed by atoms with Crippen LogP contribution >= 0.6 is 0 Å². The SMILES string of the molecule is COCc1nnc2n1CCC(NC(=O)c1ccc3[nH]ccc3c1)CC2. The number of benzene rings is 1. The van der Waals surface area contributed by atoms with E-state index in [1.54, 1.807) is 7.11 Å². The molecule has 1 amide bonds. The van der Waals surface area contributed by atoms with Gasteiger partial charge < -0.3 is 19.6 Å². The molecule has 0 radical (unpaired) electrons. The van der Waals surface area contributed by atoms with E-state index < -0.39 is 0 Å². The van der Waals surface area contributed by atoms with Crippen molar-refractivity contribution >= 4 is 16.8 Å². The second kappa shape index (κ2) is 6.68. The second-order valence-corrected chi connectivity index (χ2v) is 6.39. The van der Waals surface area contributed by atoms with Gasteiger partial charge in [0.1, 0.15) is 12.4 Å². The van der Waals surface area contributed by atoms with Gasteiger partial charge in [-0.15, -0.1) is 10.2 Å². The molecule has 0 aliphatic carbocycles. The smallest absolute Gasteiger partial charge is 0.251 e. The highest BCUT2D eigenvalue weighted by molar-refractivity contribution is 5.98. The highest BCUT2D eigenvalue weighted by Gasteiger charge is 2.21. The molecule has 1 aromatic carbocycles. The lowest BCUT2D eigenvalue weighted by atomic mass is 10.1. The summed E-state index contributed by atoms with van der Waals surface area (Å²) in [6.07, 6.45) is 4.41. The zero-order valence-corrected chi connectivity index (χ0v) is 14.2. The standard InChI is InChI=1S/C18H21N5O2/c1-25-11-17-22-21-16-5-3-14(7-9-23(16)17)20-18(24)13-2-4-15-12(10-13)6-8-19-15/h2,4,6,8,10,14,19H,3,5,7,9,11H2,1H3,(H,20,24). The van der Waals surface area contributed by atoms with Gasteiger partial charge in [-0.3, -0.25) is 4.79 Å². The van der Waals surface area contributed by atoms with Crippen LogP contribution in [0.3, 0.4) is 0 Å². The van der Waals surface area contributed by atoms with Crippen LogP contribution in [0.1, 0.15) is 34.8 Å². The van der Waals surface area contributed by atoms with Gasteiger partial charge in [-0.2, -0.15) is 0 Å². The van der Waals surface area contributed by atoms with Crippen LogP contribution in [0.15, 0.2) is 30.5 Å². The quantitative estimate of drug-likeness (QED) is 0.762. The molecule has 3 heterocycles. The first kappa shape index (κ1) is 15.8. The number of fused-ring (bicyclic) bond motifs is 2. The Morgan fingerprint density at radius 2 is 2.28 bits per heavy atom. The lowest BCUT2D eigenvalue weighted by molar-refractivity contribution is 0.0933. The van der Waals surface area contributed by atoms with Crippen molar-refractivity contribution in [3.05, 3.63) is 47.7 Å². The molecule has 0 fully saturated rings. The first-order valence-electron chi connectivity index (χ1n) is 8.52. The molecule has 2 N–H and O–H groups in total. The molecule has 25 heavy (non-hydrogen) atoms. The number of aromatic amines is 1. The van der Waals surface area contributed by atoms with Gasteiger partial charge in [0.25, 0.3) is 5.91 Å². The molecule has 7 heteroatoms. The molecular formula is C18H21N5O2. The second-order valence-electron chi connectivity index (χ2n) is 6.39. The molecule has 1 atom stereocenters. The Kier molecular flexibility index (Phi) is 4.23. The van der Waals surface area contributed by atoms with Crippen molar-refractivity contribution in [1.82, 2.24) is 25.1 Å². The van der Waals surface area contributed by atoms with Crippen LogP contribution in [0, 0.1) is 0 Å². The van der Waals surface area contributed by atoms with Crippen LogP contribution in [0.2, 0.25) is 0 Å². The predicted octanol–water partition coefficient (Wildman–Crippen LogP) is 2.04. The van der Waals surface area contributed by atoms with Gasteiger partial charge in [0, 0.05) is 48.8 Å². The van der Waals surface area contributed by atoms with Crippen molar-refractivity contribution in [3.63, 3.8) is 0 Å². The fraction of sp³-hybridized carbons (Fsp3) is 0.389. The first-order valence-corrected chi connectivity index (χ1v) is 8.52. The molecule has 1 unspecified atom stereocenters. The summed E-state index contributed by atoms with van der Waals surface area (Å²) in [5.41, 5.74) is 1.73. The summed E-state index contributed by atoms with van der Waals surface area (Å²) in [7, 11) is 1.66. The lowest BCUT2D eigenvalue weighted by Crippen LogP contribution is -2.35. The monoisotopic (exact) mass is 339 g/mol. The number of rotatable bonds is 4. The molecule has 3 aromatic rings. The molecule has 0 bridgehead atoms. The molecule has 1 aliphatic heterocycles. The Bertz CT molecular complexity index is 898. The van der Waals surface area contributed by atoms with Gasteiger partial charge in [-0.05, 0) is 37.1 Å². The van der Waals surface area contributed by atoms with Gasteiger partial charge in [-0.1, -0.05) is 0 Å². The molecular weight excluding hydrogens is 318 g/mol.